The molecule has 2 heterocycles. The monoisotopic (exact) mass is 1260 g/mol. The number of benzene rings is 13. The van der Waals surface area contributed by atoms with Crippen molar-refractivity contribution in [3.05, 3.63) is 317 Å². The van der Waals surface area contributed by atoms with Gasteiger partial charge in [0.2, 0.25) is 0 Å². The lowest BCUT2D eigenvalue weighted by atomic mass is 9.81. The molecule has 3 nitrogen and oxygen atoms in total. The highest BCUT2D eigenvalue weighted by atomic mass is 79.9. The third-order valence-corrected chi connectivity index (χ3v) is 20.0. The molecule has 87 heavy (non-hydrogen) atoms. The average Bonchev–Trinajstić information content (AvgIpc) is 1.78. The lowest BCUT2D eigenvalue weighted by molar-refractivity contribution is 0.661. The van der Waals surface area contributed by atoms with Crippen molar-refractivity contribution in [1.29, 1.82) is 0 Å². The largest absolute Gasteiger partial charge is 0.310 e. The molecule has 414 valence electrons. The second-order valence-corrected chi connectivity index (χ2v) is 25.9. The van der Waals surface area contributed by atoms with E-state index >= 15 is 0 Å². The SMILES string of the molecule is CC1(C)c2ccccc2-c2cccc(N(c3cccc(-c4ccccc4)c3)c3ccc4sc5c(-c6ccc(-c7ccc(N(c8cccc(-c9ccccc9Br)c8)c8ccc9c(c8)c8ccccc8n9-c8ccccc8)cc7)cc6)cc(Br)cc5c4c3)c21. The second kappa shape index (κ2) is 21.4. The first-order chi connectivity index (χ1) is 42.7. The van der Waals surface area contributed by atoms with Crippen LogP contribution in [0, 0.1) is 0 Å². The number of anilines is 6. The summed E-state index contributed by atoms with van der Waals surface area (Å²) in [4.78, 5) is 4.89. The second-order valence-electron chi connectivity index (χ2n) is 23.1. The Morgan fingerprint density at radius 1 is 0.345 bits per heavy atom. The Morgan fingerprint density at radius 2 is 0.897 bits per heavy atom. The van der Waals surface area contributed by atoms with E-state index < -0.39 is 0 Å². The third kappa shape index (κ3) is 9.13. The van der Waals surface area contributed by atoms with Gasteiger partial charge in [0.1, 0.15) is 0 Å². The number of halogens is 2. The predicted molar refractivity (Wildman–Crippen MR) is 378 cm³/mol. The molecule has 0 unspecified atom stereocenters. The van der Waals surface area contributed by atoms with Gasteiger partial charge in [-0.05, 0) is 176 Å². The summed E-state index contributed by atoms with van der Waals surface area (Å²) >= 11 is 9.72. The Bertz CT molecular complexity index is 5160. The molecule has 2 aromatic heterocycles. The van der Waals surface area contributed by atoms with Crippen LogP contribution in [0.3, 0.4) is 0 Å². The summed E-state index contributed by atoms with van der Waals surface area (Å²) in [6.07, 6.45) is 0. The van der Waals surface area contributed by atoms with Crippen LogP contribution in [-0.2, 0) is 5.41 Å². The van der Waals surface area contributed by atoms with Crippen molar-refractivity contribution >= 4 is 119 Å². The number of para-hydroxylation sites is 2. The van der Waals surface area contributed by atoms with E-state index in [0.29, 0.717) is 0 Å². The van der Waals surface area contributed by atoms with Crippen LogP contribution in [0.15, 0.2) is 306 Å². The number of thiophene rings is 1. The summed E-state index contributed by atoms with van der Waals surface area (Å²) in [5.74, 6) is 0. The number of hydrogen-bond donors (Lipinski definition) is 0. The molecule has 0 fully saturated rings. The minimum atomic E-state index is -0.213. The highest BCUT2D eigenvalue weighted by Gasteiger charge is 2.39. The van der Waals surface area contributed by atoms with Crippen LogP contribution in [0.2, 0.25) is 0 Å². The molecule has 0 saturated heterocycles. The molecule has 6 heteroatoms. The molecule has 1 aliphatic carbocycles. The fourth-order valence-corrected chi connectivity index (χ4v) is 15.8. The van der Waals surface area contributed by atoms with Gasteiger partial charge in [-0.15, -0.1) is 11.3 Å². The first kappa shape index (κ1) is 53.0. The fraction of sp³-hybridized carbons (Fsp3) is 0.0370. The van der Waals surface area contributed by atoms with Gasteiger partial charge in [-0.1, -0.05) is 228 Å². The van der Waals surface area contributed by atoms with Crippen molar-refractivity contribution in [2.24, 2.45) is 0 Å². The Labute approximate surface area is 527 Å². The van der Waals surface area contributed by atoms with Crippen molar-refractivity contribution in [3.8, 4) is 61.3 Å². The van der Waals surface area contributed by atoms with Gasteiger partial charge in [-0.2, -0.15) is 0 Å². The number of aromatic nitrogens is 1. The lowest BCUT2D eigenvalue weighted by Crippen LogP contribution is -2.20. The zero-order valence-corrected chi connectivity index (χ0v) is 51.8. The lowest BCUT2D eigenvalue weighted by Gasteiger charge is -2.32. The molecule has 0 N–H and O–H groups in total. The first-order valence-corrected chi connectivity index (χ1v) is 31.9. The zero-order valence-electron chi connectivity index (χ0n) is 47.8. The third-order valence-electron chi connectivity index (χ3n) is 17.7. The predicted octanol–water partition coefficient (Wildman–Crippen LogP) is 24.6. The molecule has 15 aromatic rings. The summed E-state index contributed by atoms with van der Waals surface area (Å²) in [7, 11) is 0. The van der Waals surface area contributed by atoms with E-state index in [4.69, 9.17) is 0 Å². The van der Waals surface area contributed by atoms with Gasteiger partial charge < -0.3 is 14.4 Å². The van der Waals surface area contributed by atoms with E-state index in [1.807, 2.05) is 11.3 Å². The van der Waals surface area contributed by atoms with E-state index in [1.54, 1.807) is 0 Å². The van der Waals surface area contributed by atoms with Crippen molar-refractivity contribution in [2.45, 2.75) is 19.3 Å². The van der Waals surface area contributed by atoms with Crippen molar-refractivity contribution in [2.75, 3.05) is 9.80 Å². The first-order valence-electron chi connectivity index (χ1n) is 29.5. The maximum atomic E-state index is 4.00. The molecule has 0 atom stereocenters. The van der Waals surface area contributed by atoms with Gasteiger partial charge in [0.25, 0.3) is 0 Å². The molecule has 0 saturated carbocycles. The van der Waals surface area contributed by atoms with E-state index in [9.17, 15) is 0 Å². The minimum absolute atomic E-state index is 0.213. The fourth-order valence-electron chi connectivity index (χ4n) is 13.6. The van der Waals surface area contributed by atoms with Gasteiger partial charge in [0, 0.05) is 85.0 Å². The molecule has 13 aromatic carbocycles. The van der Waals surface area contributed by atoms with Crippen molar-refractivity contribution < 1.29 is 0 Å². The van der Waals surface area contributed by atoms with E-state index in [-0.39, 0.29) is 5.41 Å². The average molecular weight is 1260 g/mol. The molecular formula is C81H55Br2N3S. The van der Waals surface area contributed by atoms with Crippen molar-refractivity contribution in [1.82, 2.24) is 4.57 Å². The Hall–Kier alpha value is -9.56. The molecule has 0 amide bonds. The van der Waals surface area contributed by atoms with Crippen molar-refractivity contribution in [3.63, 3.8) is 0 Å². The smallest absolute Gasteiger partial charge is 0.0542 e. The summed E-state index contributed by atoms with van der Waals surface area (Å²) < 4.78 is 7.01. The van der Waals surface area contributed by atoms with Gasteiger partial charge in [-0.25, -0.2) is 0 Å². The van der Waals surface area contributed by atoms with Crippen LogP contribution in [0.1, 0.15) is 25.0 Å². The number of hydrogen-bond acceptors (Lipinski definition) is 3. The number of nitrogens with zero attached hydrogens (tertiary/aromatic N) is 3. The standard InChI is InChI=1S/C81H55Br2N3S/c1-81(2)73-30-12-9-27-66(73)68-29-17-33-77(79(68)81)85(62-25-15-20-56(46-62)52-18-5-3-6-19-52)64-43-45-78-71(51-64)72-49-58(82)48-69(80(72)87-78)55-36-34-53(35-37-55)54-38-40-60(41-39-54)84(61-24-16-21-57(47-61)65-26-10-13-31-74(65)83)63-42-44-76-70(50-63)67-28-11-14-32-75(67)86(76)59-22-7-4-8-23-59/h3-51H,1-2H3. The van der Waals surface area contributed by atoms with E-state index in [1.165, 1.54) is 92.2 Å². The van der Waals surface area contributed by atoms with Crippen LogP contribution < -0.4 is 9.80 Å². The van der Waals surface area contributed by atoms with Crippen LogP contribution in [-0.4, -0.2) is 4.57 Å². The van der Waals surface area contributed by atoms with Crippen LogP contribution in [0.5, 0.6) is 0 Å². The molecule has 16 rings (SSSR count). The Kier molecular flexibility index (Phi) is 13.1. The quantitative estimate of drug-likeness (QED) is 0.128. The van der Waals surface area contributed by atoms with Gasteiger partial charge in [-0.3, -0.25) is 0 Å². The van der Waals surface area contributed by atoms with Gasteiger partial charge in [0.15, 0.2) is 0 Å². The topological polar surface area (TPSA) is 11.4 Å². The molecule has 0 bridgehead atoms. The molecule has 0 radical (unpaired) electrons. The Morgan fingerprint density at radius 3 is 1.69 bits per heavy atom. The summed E-state index contributed by atoms with van der Waals surface area (Å²) in [5, 5.41) is 4.89. The van der Waals surface area contributed by atoms with Crippen LogP contribution in [0.4, 0.5) is 34.1 Å². The highest BCUT2D eigenvalue weighted by Crippen LogP contribution is 2.55. The van der Waals surface area contributed by atoms with Gasteiger partial charge >= 0.3 is 0 Å². The zero-order chi connectivity index (χ0) is 58.3. The molecule has 1 aliphatic rings. The number of rotatable bonds is 11. The van der Waals surface area contributed by atoms with E-state index in [0.717, 1.165) is 65.3 Å². The minimum Gasteiger partial charge on any atom is -0.310 e. The summed E-state index contributed by atoms with van der Waals surface area (Å²) in [6, 6.07) is 109. The molecule has 0 aliphatic heterocycles. The normalized spacial score (nSPS) is 12.5. The summed E-state index contributed by atoms with van der Waals surface area (Å²) in [6.45, 7) is 4.76. The highest BCUT2D eigenvalue weighted by molar-refractivity contribution is 9.10. The maximum Gasteiger partial charge on any atom is 0.0542 e. The molecule has 0 spiro atoms. The Balaban J connectivity index is 0.763. The summed E-state index contributed by atoms with van der Waals surface area (Å²) in [5.41, 5.74) is 24.6. The van der Waals surface area contributed by atoms with Gasteiger partial charge in [0.05, 0.1) is 16.7 Å². The number of fused-ring (bicyclic) bond motifs is 9. The molecular weight excluding hydrogens is 1210 g/mol. The maximum absolute atomic E-state index is 4.00. The van der Waals surface area contributed by atoms with Crippen LogP contribution >= 0.6 is 43.2 Å². The van der Waals surface area contributed by atoms with E-state index in [2.05, 4.69) is 357 Å². The van der Waals surface area contributed by atoms with Crippen LogP contribution in [0.25, 0.3) is 103 Å².